The van der Waals surface area contributed by atoms with E-state index >= 15 is 0 Å². The maximum Gasteiger partial charge on any atom is 0.292 e. The molecular formula is C17H14N8O2S. The van der Waals surface area contributed by atoms with Crippen LogP contribution < -0.4 is 11.2 Å². The Morgan fingerprint density at radius 2 is 2.11 bits per heavy atom. The van der Waals surface area contributed by atoms with Gasteiger partial charge in [0.15, 0.2) is 5.69 Å². The van der Waals surface area contributed by atoms with Crippen LogP contribution in [0.1, 0.15) is 20.9 Å². The molecule has 0 saturated carbocycles. The predicted octanol–water partition coefficient (Wildman–Crippen LogP) is 2.03. The van der Waals surface area contributed by atoms with Crippen LogP contribution in [-0.2, 0) is 0 Å². The summed E-state index contributed by atoms with van der Waals surface area (Å²) in [5, 5.41) is 21.3. The van der Waals surface area contributed by atoms with Gasteiger partial charge in [-0.3, -0.25) is 4.79 Å². The number of carbonyl (C=O) groups is 1. The molecule has 3 aromatic heterocycles. The standard InChI is InChI=1S/C17H14N8O2S/c1-10-7-8-28-12(10)9-19-21-17(26)14-13(11-5-3-2-4-6-11)20-24-25(14)16-15(18)22-27-23-16/h2-9H,1H3,(H2,18,22)(H,21,26)/b19-9-. The highest BCUT2D eigenvalue weighted by Crippen LogP contribution is 2.24. The summed E-state index contributed by atoms with van der Waals surface area (Å²) >= 11 is 1.52. The first-order valence-corrected chi connectivity index (χ1v) is 9.00. The van der Waals surface area contributed by atoms with Crippen LogP contribution in [0.15, 0.2) is 51.5 Å². The van der Waals surface area contributed by atoms with E-state index < -0.39 is 5.91 Å². The van der Waals surface area contributed by atoms with Crippen molar-refractivity contribution in [2.75, 3.05) is 5.73 Å². The van der Waals surface area contributed by atoms with Crippen molar-refractivity contribution in [1.82, 2.24) is 30.7 Å². The number of amides is 1. The molecule has 0 aliphatic heterocycles. The third-order valence-electron chi connectivity index (χ3n) is 3.88. The molecule has 4 aromatic rings. The zero-order valence-corrected chi connectivity index (χ0v) is 15.4. The number of hydrazone groups is 1. The molecule has 28 heavy (non-hydrogen) atoms. The first kappa shape index (κ1) is 17.5. The summed E-state index contributed by atoms with van der Waals surface area (Å²) in [4.78, 5) is 13.8. The second kappa shape index (κ2) is 7.40. The molecule has 1 amide bonds. The summed E-state index contributed by atoms with van der Waals surface area (Å²) in [5.74, 6) is -0.481. The van der Waals surface area contributed by atoms with E-state index in [0.29, 0.717) is 11.3 Å². The highest BCUT2D eigenvalue weighted by Gasteiger charge is 2.25. The number of nitrogen functional groups attached to an aromatic ring is 1. The first-order chi connectivity index (χ1) is 13.6. The monoisotopic (exact) mass is 394 g/mol. The lowest BCUT2D eigenvalue weighted by Gasteiger charge is -2.04. The van der Waals surface area contributed by atoms with Crippen LogP contribution in [0.3, 0.4) is 0 Å². The average molecular weight is 394 g/mol. The van der Waals surface area contributed by atoms with E-state index in [9.17, 15) is 4.79 Å². The molecule has 0 atom stereocenters. The van der Waals surface area contributed by atoms with Gasteiger partial charge < -0.3 is 5.73 Å². The molecule has 0 saturated heterocycles. The van der Waals surface area contributed by atoms with E-state index in [1.807, 2.05) is 48.7 Å². The van der Waals surface area contributed by atoms with Gasteiger partial charge in [-0.15, -0.1) is 16.4 Å². The van der Waals surface area contributed by atoms with E-state index in [4.69, 9.17) is 5.73 Å². The molecule has 0 spiro atoms. The number of thiophene rings is 1. The Balaban J connectivity index is 1.72. The number of rotatable bonds is 5. The molecular weight excluding hydrogens is 380 g/mol. The number of aryl methyl sites for hydroxylation is 1. The number of aromatic nitrogens is 5. The van der Waals surface area contributed by atoms with Gasteiger partial charge >= 0.3 is 0 Å². The van der Waals surface area contributed by atoms with Gasteiger partial charge in [0.25, 0.3) is 5.91 Å². The molecule has 0 aliphatic rings. The second-order valence-electron chi connectivity index (χ2n) is 5.70. The van der Waals surface area contributed by atoms with Crippen molar-refractivity contribution >= 4 is 29.3 Å². The largest absolute Gasteiger partial charge is 0.378 e. The first-order valence-electron chi connectivity index (χ1n) is 8.12. The smallest absolute Gasteiger partial charge is 0.292 e. The Morgan fingerprint density at radius 3 is 2.79 bits per heavy atom. The fourth-order valence-electron chi connectivity index (χ4n) is 2.48. The summed E-state index contributed by atoms with van der Waals surface area (Å²) in [6, 6.07) is 11.1. The van der Waals surface area contributed by atoms with Crippen molar-refractivity contribution in [2.45, 2.75) is 6.92 Å². The van der Waals surface area contributed by atoms with E-state index in [0.717, 1.165) is 10.4 Å². The molecule has 3 heterocycles. The summed E-state index contributed by atoms with van der Waals surface area (Å²) < 4.78 is 5.80. The SMILES string of the molecule is Cc1ccsc1/C=N\NC(=O)c1c(-c2ccccc2)nnn1-c1nonc1N. The third kappa shape index (κ3) is 3.25. The fraction of sp³-hybridized carbons (Fsp3) is 0.0588. The topological polar surface area (TPSA) is 137 Å². The van der Waals surface area contributed by atoms with E-state index in [1.165, 1.54) is 16.0 Å². The number of nitrogens with zero attached hydrogens (tertiary/aromatic N) is 6. The van der Waals surface area contributed by atoms with Gasteiger partial charge in [-0.2, -0.15) is 9.78 Å². The summed E-state index contributed by atoms with van der Waals surface area (Å²) in [5.41, 5.74) is 10.5. The van der Waals surface area contributed by atoms with E-state index in [-0.39, 0.29) is 17.3 Å². The van der Waals surface area contributed by atoms with Crippen LogP contribution in [0.5, 0.6) is 0 Å². The highest BCUT2D eigenvalue weighted by molar-refractivity contribution is 7.11. The van der Waals surface area contributed by atoms with Gasteiger partial charge in [-0.25, -0.2) is 10.1 Å². The van der Waals surface area contributed by atoms with Crippen molar-refractivity contribution in [2.24, 2.45) is 5.10 Å². The number of hydrogen-bond donors (Lipinski definition) is 2. The van der Waals surface area contributed by atoms with Crippen molar-refractivity contribution in [3.05, 3.63) is 57.9 Å². The number of nitrogens with two attached hydrogens (primary N) is 1. The van der Waals surface area contributed by atoms with Crippen LogP contribution >= 0.6 is 11.3 Å². The van der Waals surface area contributed by atoms with Crippen molar-refractivity contribution in [3.63, 3.8) is 0 Å². The number of hydrogen-bond acceptors (Lipinski definition) is 9. The van der Waals surface area contributed by atoms with Crippen molar-refractivity contribution in [3.8, 4) is 17.1 Å². The van der Waals surface area contributed by atoms with Crippen LogP contribution in [0.4, 0.5) is 5.82 Å². The Labute approximate surface area is 162 Å². The van der Waals surface area contributed by atoms with Gasteiger partial charge in [-0.05, 0) is 34.2 Å². The maximum atomic E-state index is 12.9. The Bertz CT molecular complexity index is 1150. The van der Waals surface area contributed by atoms with Crippen LogP contribution in [0, 0.1) is 6.92 Å². The van der Waals surface area contributed by atoms with Crippen molar-refractivity contribution in [1.29, 1.82) is 0 Å². The minimum atomic E-state index is -0.531. The lowest BCUT2D eigenvalue weighted by atomic mass is 10.1. The normalized spacial score (nSPS) is 11.2. The lowest BCUT2D eigenvalue weighted by molar-refractivity contribution is 0.0948. The van der Waals surface area contributed by atoms with E-state index in [1.54, 1.807) is 6.21 Å². The third-order valence-corrected chi connectivity index (χ3v) is 4.83. The Hall–Kier alpha value is -3.86. The minimum Gasteiger partial charge on any atom is -0.378 e. The van der Waals surface area contributed by atoms with Crippen LogP contribution in [0.25, 0.3) is 17.1 Å². The van der Waals surface area contributed by atoms with Gasteiger partial charge in [0, 0.05) is 10.4 Å². The molecule has 0 bridgehead atoms. The molecule has 3 N–H and O–H groups in total. The van der Waals surface area contributed by atoms with Crippen molar-refractivity contribution < 1.29 is 9.42 Å². The molecule has 1 aromatic carbocycles. The predicted molar refractivity (Wildman–Crippen MR) is 103 cm³/mol. The number of anilines is 1. The van der Waals surface area contributed by atoms with Crippen LogP contribution in [-0.4, -0.2) is 37.4 Å². The van der Waals surface area contributed by atoms with Gasteiger partial charge in [0.05, 0.1) is 6.21 Å². The van der Waals surface area contributed by atoms with Gasteiger partial charge in [0.2, 0.25) is 11.6 Å². The fourth-order valence-corrected chi connectivity index (χ4v) is 3.27. The average Bonchev–Trinajstić information content (AvgIpc) is 3.42. The lowest BCUT2D eigenvalue weighted by Crippen LogP contribution is -2.22. The molecule has 10 nitrogen and oxygen atoms in total. The molecule has 140 valence electrons. The number of benzene rings is 1. The van der Waals surface area contributed by atoms with Crippen LogP contribution in [0.2, 0.25) is 0 Å². The zero-order valence-electron chi connectivity index (χ0n) is 14.6. The number of nitrogens with one attached hydrogen (secondary N) is 1. The van der Waals surface area contributed by atoms with Gasteiger partial charge in [0.1, 0.15) is 5.69 Å². The summed E-state index contributed by atoms with van der Waals surface area (Å²) in [6.07, 6.45) is 1.58. The molecule has 0 unspecified atom stereocenters. The zero-order chi connectivity index (χ0) is 19.5. The molecule has 11 heteroatoms. The van der Waals surface area contributed by atoms with Gasteiger partial charge in [-0.1, -0.05) is 35.5 Å². The quantitative estimate of drug-likeness (QED) is 0.390. The second-order valence-corrected chi connectivity index (χ2v) is 6.65. The highest BCUT2D eigenvalue weighted by atomic mass is 32.1. The minimum absolute atomic E-state index is 0.0173. The van der Waals surface area contributed by atoms with E-state index in [2.05, 4.69) is 35.8 Å². The molecule has 0 aliphatic carbocycles. The Kier molecular flexibility index (Phi) is 4.64. The summed E-state index contributed by atoms with van der Waals surface area (Å²) in [6.45, 7) is 1.96. The summed E-state index contributed by atoms with van der Waals surface area (Å²) in [7, 11) is 0. The Morgan fingerprint density at radius 1 is 1.29 bits per heavy atom. The molecule has 0 radical (unpaired) electrons. The maximum absolute atomic E-state index is 12.9. The molecule has 0 fully saturated rings. The molecule has 4 rings (SSSR count). The number of carbonyl (C=O) groups excluding carboxylic acids is 1.